The third-order valence-corrected chi connectivity index (χ3v) is 3.31. The smallest absolute Gasteiger partial charge is 0.330 e. The van der Waals surface area contributed by atoms with E-state index in [-0.39, 0.29) is 5.97 Å². The maximum atomic E-state index is 11.2. The van der Waals surface area contributed by atoms with Crippen LogP contribution >= 0.6 is 0 Å². The van der Waals surface area contributed by atoms with Crippen molar-refractivity contribution in [1.82, 2.24) is 0 Å². The molecule has 1 aromatic rings. The monoisotopic (exact) mass is 246 g/mol. The molecule has 4 nitrogen and oxygen atoms in total. The summed E-state index contributed by atoms with van der Waals surface area (Å²) in [4.78, 5) is 11.2. The fraction of sp³-hybridized carbons (Fsp3) is 0.357. The van der Waals surface area contributed by atoms with Gasteiger partial charge in [0.15, 0.2) is 0 Å². The molecule has 0 atom stereocenters. The van der Waals surface area contributed by atoms with Crippen LogP contribution in [-0.2, 0) is 22.4 Å². The maximum absolute atomic E-state index is 11.2. The van der Waals surface area contributed by atoms with E-state index < -0.39 is 0 Å². The molecule has 0 N–H and O–H groups in total. The summed E-state index contributed by atoms with van der Waals surface area (Å²) in [7, 11) is 1.37. The van der Waals surface area contributed by atoms with E-state index in [0.717, 1.165) is 29.9 Å². The predicted molar refractivity (Wildman–Crippen MR) is 65.9 cm³/mol. The molecule has 2 aliphatic rings. The highest BCUT2D eigenvalue weighted by Gasteiger charge is 2.24. The molecule has 0 amide bonds. The van der Waals surface area contributed by atoms with E-state index in [2.05, 4.69) is 4.74 Å². The molecule has 0 unspecified atom stereocenters. The van der Waals surface area contributed by atoms with Gasteiger partial charge in [0.1, 0.15) is 11.5 Å². The molecule has 4 heteroatoms. The SMILES string of the molecule is COC(=O)/C=C/c1c2c(cc3c1CCO3)OCC2. The third kappa shape index (κ3) is 1.74. The Balaban J connectivity index is 2.07. The van der Waals surface area contributed by atoms with Crippen LogP contribution < -0.4 is 9.47 Å². The number of carbonyl (C=O) groups is 1. The standard InChI is InChI=1S/C14H14O4/c1-16-14(15)3-2-9-10-4-6-17-12(10)8-13-11(9)5-7-18-13/h2-3,8H,4-7H2,1H3/b3-2+. The fourth-order valence-electron chi connectivity index (χ4n) is 2.46. The molecular weight excluding hydrogens is 232 g/mol. The first-order valence-electron chi connectivity index (χ1n) is 6.00. The first kappa shape index (κ1) is 11.1. The lowest BCUT2D eigenvalue weighted by Gasteiger charge is -2.08. The molecule has 0 radical (unpaired) electrons. The van der Waals surface area contributed by atoms with E-state index in [1.807, 2.05) is 12.1 Å². The number of benzene rings is 1. The van der Waals surface area contributed by atoms with Gasteiger partial charge in [0.25, 0.3) is 0 Å². The Morgan fingerprint density at radius 3 is 2.39 bits per heavy atom. The van der Waals surface area contributed by atoms with Crippen LogP contribution in [0.4, 0.5) is 0 Å². The van der Waals surface area contributed by atoms with Gasteiger partial charge < -0.3 is 14.2 Å². The quantitative estimate of drug-likeness (QED) is 0.589. The van der Waals surface area contributed by atoms with Crippen molar-refractivity contribution < 1.29 is 19.0 Å². The van der Waals surface area contributed by atoms with Crippen molar-refractivity contribution in [2.45, 2.75) is 12.8 Å². The van der Waals surface area contributed by atoms with Crippen molar-refractivity contribution in [3.8, 4) is 11.5 Å². The number of fused-ring (bicyclic) bond motifs is 2. The second kappa shape index (κ2) is 4.37. The molecule has 0 bridgehead atoms. The number of hydrogen-bond acceptors (Lipinski definition) is 4. The van der Waals surface area contributed by atoms with Gasteiger partial charge in [-0.1, -0.05) is 0 Å². The Kier molecular flexibility index (Phi) is 2.70. The van der Waals surface area contributed by atoms with Crippen LogP contribution in [-0.4, -0.2) is 26.3 Å². The zero-order valence-electron chi connectivity index (χ0n) is 10.2. The van der Waals surface area contributed by atoms with Crippen LogP contribution in [0, 0.1) is 0 Å². The van der Waals surface area contributed by atoms with E-state index in [0.29, 0.717) is 13.2 Å². The van der Waals surface area contributed by atoms with Gasteiger partial charge in [0.05, 0.1) is 20.3 Å². The van der Waals surface area contributed by atoms with Crippen LogP contribution in [0.1, 0.15) is 16.7 Å². The van der Waals surface area contributed by atoms with E-state index in [1.165, 1.54) is 24.3 Å². The van der Waals surface area contributed by atoms with Crippen LogP contribution in [0.2, 0.25) is 0 Å². The van der Waals surface area contributed by atoms with Gasteiger partial charge in [0, 0.05) is 36.1 Å². The largest absolute Gasteiger partial charge is 0.493 e. The first-order valence-corrected chi connectivity index (χ1v) is 6.00. The first-order chi connectivity index (χ1) is 8.79. The van der Waals surface area contributed by atoms with Crippen molar-refractivity contribution in [2.75, 3.05) is 20.3 Å². The summed E-state index contributed by atoms with van der Waals surface area (Å²) in [6.07, 6.45) is 5.02. The van der Waals surface area contributed by atoms with Crippen molar-refractivity contribution >= 4 is 12.0 Å². The highest BCUT2D eigenvalue weighted by Crippen LogP contribution is 2.40. The van der Waals surface area contributed by atoms with Crippen molar-refractivity contribution in [1.29, 1.82) is 0 Å². The van der Waals surface area contributed by atoms with Crippen LogP contribution in [0.3, 0.4) is 0 Å². The summed E-state index contributed by atoms with van der Waals surface area (Å²) in [5, 5.41) is 0. The van der Waals surface area contributed by atoms with E-state index in [1.54, 1.807) is 0 Å². The number of esters is 1. The third-order valence-electron chi connectivity index (χ3n) is 3.31. The minimum absolute atomic E-state index is 0.348. The molecule has 2 aliphatic heterocycles. The van der Waals surface area contributed by atoms with Crippen LogP contribution in [0.25, 0.3) is 6.08 Å². The Bertz CT molecular complexity index is 499. The van der Waals surface area contributed by atoms with Gasteiger partial charge >= 0.3 is 5.97 Å². The molecular formula is C14H14O4. The van der Waals surface area contributed by atoms with Crippen molar-refractivity contribution in [3.63, 3.8) is 0 Å². The van der Waals surface area contributed by atoms with Crippen LogP contribution in [0.5, 0.6) is 11.5 Å². The highest BCUT2D eigenvalue weighted by atomic mass is 16.5. The molecule has 0 aromatic heterocycles. The average Bonchev–Trinajstić information content (AvgIpc) is 3.01. The summed E-state index contributed by atoms with van der Waals surface area (Å²) < 4.78 is 15.8. The Morgan fingerprint density at radius 2 is 1.83 bits per heavy atom. The van der Waals surface area contributed by atoms with Gasteiger partial charge in [-0.3, -0.25) is 0 Å². The Labute approximate surface area is 105 Å². The molecule has 1 aromatic carbocycles. The molecule has 0 saturated carbocycles. The normalized spacial score (nSPS) is 16.1. The number of carbonyl (C=O) groups excluding carboxylic acids is 1. The molecule has 94 valence electrons. The zero-order valence-corrected chi connectivity index (χ0v) is 10.2. The molecule has 0 spiro atoms. The summed E-state index contributed by atoms with van der Waals surface area (Å²) in [6.45, 7) is 1.38. The molecule has 18 heavy (non-hydrogen) atoms. The van der Waals surface area contributed by atoms with Crippen molar-refractivity contribution in [3.05, 3.63) is 28.8 Å². The molecule has 3 rings (SSSR count). The van der Waals surface area contributed by atoms with Gasteiger partial charge in [0.2, 0.25) is 0 Å². The number of rotatable bonds is 2. The minimum Gasteiger partial charge on any atom is -0.493 e. The topological polar surface area (TPSA) is 44.8 Å². The maximum Gasteiger partial charge on any atom is 0.330 e. The summed E-state index contributed by atoms with van der Waals surface area (Å²) in [5.74, 6) is 1.40. The fourth-order valence-corrected chi connectivity index (χ4v) is 2.46. The van der Waals surface area contributed by atoms with Gasteiger partial charge in [-0.05, 0) is 11.6 Å². The van der Waals surface area contributed by atoms with E-state index in [9.17, 15) is 4.79 Å². The zero-order chi connectivity index (χ0) is 12.5. The van der Waals surface area contributed by atoms with E-state index in [4.69, 9.17) is 9.47 Å². The summed E-state index contributed by atoms with van der Waals surface area (Å²) in [6, 6.07) is 1.96. The Hall–Kier alpha value is -1.97. The minimum atomic E-state index is -0.348. The van der Waals surface area contributed by atoms with Crippen molar-refractivity contribution in [2.24, 2.45) is 0 Å². The van der Waals surface area contributed by atoms with Gasteiger partial charge in [-0.25, -0.2) is 4.79 Å². The predicted octanol–water partition coefficient (Wildman–Crippen LogP) is 1.74. The second-order valence-corrected chi connectivity index (χ2v) is 4.30. The highest BCUT2D eigenvalue weighted by molar-refractivity contribution is 5.88. The lowest BCUT2D eigenvalue weighted by molar-refractivity contribution is -0.134. The van der Waals surface area contributed by atoms with Crippen LogP contribution in [0.15, 0.2) is 12.1 Å². The van der Waals surface area contributed by atoms with Gasteiger partial charge in [-0.2, -0.15) is 0 Å². The second-order valence-electron chi connectivity index (χ2n) is 4.30. The molecule has 2 heterocycles. The molecule has 0 fully saturated rings. The number of methoxy groups -OCH3 is 1. The molecule has 0 saturated heterocycles. The average molecular weight is 246 g/mol. The lowest BCUT2D eigenvalue weighted by Crippen LogP contribution is -1.96. The Morgan fingerprint density at radius 1 is 1.22 bits per heavy atom. The van der Waals surface area contributed by atoms with Gasteiger partial charge in [-0.15, -0.1) is 0 Å². The lowest BCUT2D eigenvalue weighted by atomic mass is 9.97. The summed E-state index contributed by atoms with van der Waals surface area (Å²) >= 11 is 0. The number of hydrogen-bond donors (Lipinski definition) is 0. The molecule has 0 aliphatic carbocycles. The van der Waals surface area contributed by atoms with E-state index >= 15 is 0 Å². The number of ether oxygens (including phenoxy) is 3. The summed E-state index contributed by atoms with van der Waals surface area (Å²) in [5.41, 5.74) is 3.39.